The zero-order chi connectivity index (χ0) is 14.2. The van der Waals surface area contributed by atoms with Gasteiger partial charge < -0.3 is 5.73 Å². The fourth-order valence-electron chi connectivity index (χ4n) is 2.10. The van der Waals surface area contributed by atoms with Crippen LogP contribution in [0.25, 0.3) is 0 Å². The number of nitrogens with two attached hydrogens (primary N) is 1. The van der Waals surface area contributed by atoms with E-state index in [2.05, 4.69) is 15.9 Å². The summed E-state index contributed by atoms with van der Waals surface area (Å²) in [5.41, 5.74) is 9.46. The Kier molecular flexibility index (Phi) is 4.29. The number of benzene rings is 2. The third kappa shape index (κ3) is 2.83. The minimum atomic E-state index is -0.522. The van der Waals surface area contributed by atoms with Gasteiger partial charge in [0.15, 0.2) is 0 Å². The van der Waals surface area contributed by atoms with Gasteiger partial charge >= 0.3 is 0 Å². The van der Waals surface area contributed by atoms with Crippen LogP contribution in [0.3, 0.4) is 0 Å². The van der Waals surface area contributed by atoms with E-state index in [1.807, 2.05) is 26.0 Å². The average molecular weight is 343 g/mol. The van der Waals surface area contributed by atoms with Crippen LogP contribution >= 0.6 is 27.5 Å². The molecule has 2 aromatic carbocycles. The first-order chi connectivity index (χ1) is 8.91. The summed E-state index contributed by atoms with van der Waals surface area (Å²) in [5.74, 6) is -0.311. The molecule has 0 saturated heterocycles. The van der Waals surface area contributed by atoms with Gasteiger partial charge in [-0.15, -0.1) is 0 Å². The molecule has 0 aliphatic carbocycles. The molecule has 2 N–H and O–H groups in total. The number of hydrogen-bond donors (Lipinski definition) is 1. The summed E-state index contributed by atoms with van der Waals surface area (Å²) in [6.07, 6.45) is 0. The summed E-state index contributed by atoms with van der Waals surface area (Å²) >= 11 is 9.43. The third-order valence-corrected chi connectivity index (χ3v) is 4.29. The molecular weight excluding hydrogens is 329 g/mol. The van der Waals surface area contributed by atoms with Crippen LogP contribution in [0.1, 0.15) is 28.3 Å². The van der Waals surface area contributed by atoms with E-state index in [1.165, 1.54) is 6.07 Å². The normalized spacial score (nSPS) is 12.5. The molecule has 2 rings (SSSR count). The molecule has 0 bridgehead atoms. The van der Waals surface area contributed by atoms with Crippen LogP contribution in [0.5, 0.6) is 0 Å². The van der Waals surface area contributed by atoms with E-state index in [1.54, 1.807) is 12.1 Å². The molecule has 4 heteroatoms. The predicted octanol–water partition coefficient (Wildman–Crippen LogP) is 4.91. The van der Waals surface area contributed by atoms with Crippen molar-refractivity contribution in [3.05, 3.63) is 67.9 Å². The van der Waals surface area contributed by atoms with Crippen LogP contribution < -0.4 is 5.73 Å². The van der Waals surface area contributed by atoms with Gasteiger partial charge in [-0.25, -0.2) is 4.39 Å². The van der Waals surface area contributed by atoms with Crippen molar-refractivity contribution in [2.45, 2.75) is 19.9 Å². The van der Waals surface area contributed by atoms with Gasteiger partial charge in [-0.2, -0.15) is 0 Å². The third-order valence-electron chi connectivity index (χ3n) is 3.19. The summed E-state index contributed by atoms with van der Waals surface area (Å²) in [6, 6.07) is 8.11. The molecule has 0 amide bonds. The van der Waals surface area contributed by atoms with Crippen molar-refractivity contribution in [1.29, 1.82) is 0 Å². The molecule has 19 heavy (non-hydrogen) atoms. The maximum Gasteiger partial charge on any atom is 0.129 e. The van der Waals surface area contributed by atoms with E-state index in [0.717, 1.165) is 16.7 Å². The fourth-order valence-corrected chi connectivity index (χ4v) is 2.91. The van der Waals surface area contributed by atoms with Crippen molar-refractivity contribution in [2.24, 2.45) is 5.73 Å². The lowest BCUT2D eigenvalue weighted by Crippen LogP contribution is -2.16. The molecule has 1 nitrogen and oxygen atoms in total. The molecule has 0 spiro atoms. The molecule has 0 saturated carbocycles. The monoisotopic (exact) mass is 341 g/mol. The molecule has 0 aromatic heterocycles. The maximum absolute atomic E-state index is 14.0. The molecule has 0 heterocycles. The second-order valence-corrected chi connectivity index (χ2v) is 5.83. The Morgan fingerprint density at radius 2 is 1.89 bits per heavy atom. The molecular formula is C15H14BrClFN. The second-order valence-electron chi connectivity index (χ2n) is 4.57. The molecule has 1 atom stereocenters. The van der Waals surface area contributed by atoms with Gasteiger partial charge in [0, 0.05) is 15.1 Å². The molecule has 100 valence electrons. The molecule has 1 unspecified atom stereocenters. The van der Waals surface area contributed by atoms with Crippen molar-refractivity contribution in [1.82, 2.24) is 0 Å². The highest BCUT2D eigenvalue weighted by Crippen LogP contribution is 2.32. The van der Waals surface area contributed by atoms with Gasteiger partial charge in [-0.05, 0) is 48.7 Å². The fraction of sp³-hybridized carbons (Fsp3) is 0.200. The van der Waals surface area contributed by atoms with Gasteiger partial charge in [-0.3, -0.25) is 0 Å². The average Bonchev–Trinajstić information content (AvgIpc) is 2.33. The quantitative estimate of drug-likeness (QED) is 0.825. The summed E-state index contributed by atoms with van der Waals surface area (Å²) in [7, 11) is 0. The van der Waals surface area contributed by atoms with Gasteiger partial charge in [0.2, 0.25) is 0 Å². The van der Waals surface area contributed by atoms with Crippen LogP contribution in [0.15, 0.2) is 34.8 Å². The molecule has 0 aliphatic rings. The first-order valence-corrected chi connectivity index (χ1v) is 7.05. The molecule has 2 aromatic rings. The van der Waals surface area contributed by atoms with Crippen LogP contribution in [0.4, 0.5) is 4.39 Å². The lowest BCUT2D eigenvalue weighted by atomic mass is 9.94. The Morgan fingerprint density at radius 3 is 2.53 bits per heavy atom. The Bertz CT molecular complexity index is 608. The minimum absolute atomic E-state index is 0.311. The van der Waals surface area contributed by atoms with E-state index < -0.39 is 6.04 Å². The topological polar surface area (TPSA) is 26.0 Å². The van der Waals surface area contributed by atoms with Gasteiger partial charge in [0.1, 0.15) is 5.82 Å². The number of halogens is 3. The first-order valence-electron chi connectivity index (χ1n) is 5.88. The SMILES string of the molecule is Cc1cc(C(N)c2c(F)cccc2Br)c(C)cc1Cl. The zero-order valence-corrected chi connectivity index (χ0v) is 13.0. The van der Waals surface area contributed by atoms with E-state index in [9.17, 15) is 4.39 Å². The van der Waals surface area contributed by atoms with Crippen LogP contribution in [-0.2, 0) is 0 Å². The van der Waals surface area contributed by atoms with Gasteiger partial charge in [0.05, 0.1) is 6.04 Å². The molecule has 0 radical (unpaired) electrons. The highest BCUT2D eigenvalue weighted by Gasteiger charge is 2.19. The molecule has 0 aliphatic heterocycles. The number of rotatable bonds is 2. The Hall–Kier alpha value is -0.900. The summed E-state index contributed by atoms with van der Waals surface area (Å²) in [5, 5.41) is 0.695. The summed E-state index contributed by atoms with van der Waals surface area (Å²) < 4.78 is 14.6. The Labute approximate surface area is 125 Å². The highest BCUT2D eigenvalue weighted by atomic mass is 79.9. The smallest absolute Gasteiger partial charge is 0.129 e. The van der Waals surface area contributed by atoms with Crippen LogP contribution in [0.2, 0.25) is 5.02 Å². The van der Waals surface area contributed by atoms with E-state index in [0.29, 0.717) is 15.1 Å². The summed E-state index contributed by atoms with van der Waals surface area (Å²) in [6.45, 7) is 3.84. The van der Waals surface area contributed by atoms with E-state index in [-0.39, 0.29) is 5.82 Å². The highest BCUT2D eigenvalue weighted by molar-refractivity contribution is 9.10. The first kappa shape index (κ1) is 14.5. The zero-order valence-electron chi connectivity index (χ0n) is 10.7. The largest absolute Gasteiger partial charge is 0.320 e. The van der Waals surface area contributed by atoms with E-state index >= 15 is 0 Å². The van der Waals surface area contributed by atoms with Crippen molar-refractivity contribution >= 4 is 27.5 Å². The van der Waals surface area contributed by atoms with Crippen molar-refractivity contribution < 1.29 is 4.39 Å². The standard InChI is InChI=1S/C15H14BrClFN/c1-8-7-12(17)9(2)6-10(8)15(19)14-11(16)4-3-5-13(14)18/h3-7,15H,19H2,1-2H3. The number of hydrogen-bond acceptors (Lipinski definition) is 1. The predicted molar refractivity (Wildman–Crippen MR) is 81.1 cm³/mol. The van der Waals surface area contributed by atoms with Gasteiger partial charge in [0.25, 0.3) is 0 Å². The van der Waals surface area contributed by atoms with Gasteiger partial charge in [-0.1, -0.05) is 39.7 Å². The minimum Gasteiger partial charge on any atom is -0.320 e. The number of aryl methyl sites for hydroxylation is 2. The second kappa shape index (κ2) is 5.61. The van der Waals surface area contributed by atoms with Crippen molar-refractivity contribution in [3.8, 4) is 0 Å². The molecule has 0 fully saturated rings. The van der Waals surface area contributed by atoms with Crippen molar-refractivity contribution in [3.63, 3.8) is 0 Å². The summed E-state index contributed by atoms with van der Waals surface area (Å²) in [4.78, 5) is 0. The van der Waals surface area contributed by atoms with Crippen LogP contribution in [0, 0.1) is 19.7 Å². The van der Waals surface area contributed by atoms with Crippen molar-refractivity contribution in [2.75, 3.05) is 0 Å². The Morgan fingerprint density at radius 1 is 1.21 bits per heavy atom. The lowest BCUT2D eigenvalue weighted by Gasteiger charge is -2.18. The van der Waals surface area contributed by atoms with Crippen LogP contribution in [-0.4, -0.2) is 0 Å². The lowest BCUT2D eigenvalue weighted by molar-refractivity contribution is 0.597. The maximum atomic E-state index is 14.0. The van der Waals surface area contributed by atoms with E-state index in [4.69, 9.17) is 17.3 Å². The Balaban J connectivity index is 2.56.